The Hall–Kier alpha value is -1.66. The lowest BCUT2D eigenvalue weighted by atomic mass is 10.2. The van der Waals surface area contributed by atoms with Crippen LogP contribution < -0.4 is 0 Å². The van der Waals surface area contributed by atoms with Gasteiger partial charge in [0.15, 0.2) is 5.82 Å². The highest BCUT2D eigenvalue weighted by Gasteiger charge is 2.11. The maximum absolute atomic E-state index is 6.21. The number of hydrogen-bond acceptors (Lipinski definition) is 3. The zero-order valence-corrected chi connectivity index (χ0v) is 14.6. The third-order valence-electron chi connectivity index (χ3n) is 3.06. The summed E-state index contributed by atoms with van der Waals surface area (Å²) in [6, 6.07) is 12.6. The number of aromatic amines is 1. The molecular weight excluding hydrogens is 375 g/mol. The van der Waals surface area contributed by atoms with Gasteiger partial charge in [0.1, 0.15) is 0 Å². The summed E-state index contributed by atoms with van der Waals surface area (Å²) in [5, 5.41) is 12.7. The van der Waals surface area contributed by atoms with E-state index in [9.17, 15) is 0 Å². The first-order chi connectivity index (χ1) is 11.1. The third-order valence-corrected chi connectivity index (χ3v) is 4.49. The predicted molar refractivity (Wildman–Crippen MR) is 97.3 cm³/mol. The van der Waals surface area contributed by atoms with E-state index in [1.54, 1.807) is 30.5 Å². The zero-order chi connectivity index (χ0) is 16.4. The van der Waals surface area contributed by atoms with Crippen LogP contribution in [-0.2, 0) is 0 Å². The van der Waals surface area contributed by atoms with Crippen LogP contribution in [0.15, 0.2) is 47.6 Å². The van der Waals surface area contributed by atoms with Gasteiger partial charge in [-0.2, -0.15) is 14.9 Å². The summed E-state index contributed by atoms with van der Waals surface area (Å²) in [5.41, 5.74) is 1.39. The standard InChI is InChI=1S/C15H9Cl3N4S/c16-11-6-2-1-5-10(11)14-20-21-15(23)22(14)19-8-9-4-3-7-12(17)13(9)18/h1-8H,(H,21,23)/b19-8+. The topological polar surface area (TPSA) is 46.0 Å². The highest BCUT2D eigenvalue weighted by molar-refractivity contribution is 7.71. The molecular formula is C15H9Cl3N4S. The van der Waals surface area contributed by atoms with Gasteiger partial charge >= 0.3 is 0 Å². The molecule has 1 N–H and O–H groups in total. The van der Waals surface area contributed by atoms with Gasteiger partial charge < -0.3 is 0 Å². The minimum atomic E-state index is 0.342. The Morgan fingerprint density at radius 2 is 1.78 bits per heavy atom. The lowest BCUT2D eigenvalue weighted by molar-refractivity contribution is 0.871. The molecule has 0 bridgehead atoms. The molecule has 0 radical (unpaired) electrons. The molecule has 8 heteroatoms. The highest BCUT2D eigenvalue weighted by Crippen LogP contribution is 2.27. The molecule has 0 saturated carbocycles. The molecule has 3 rings (SSSR count). The van der Waals surface area contributed by atoms with Crippen LogP contribution in [0.2, 0.25) is 15.1 Å². The van der Waals surface area contributed by atoms with Gasteiger partial charge in [0.2, 0.25) is 4.77 Å². The maximum atomic E-state index is 6.21. The van der Waals surface area contributed by atoms with Crippen LogP contribution in [-0.4, -0.2) is 21.1 Å². The molecule has 23 heavy (non-hydrogen) atoms. The van der Waals surface area contributed by atoms with Crippen LogP contribution >= 0.6 is 47.0 Å². The first kappa shape index (κ1) is 16.2. The summed E-state index contributed by atoms with van der Waals surface area (Å²) in [6.07, 6.45) is 1.57. The zero-order valence-electron chi connectivity index (χ0n) is 11.5. The van der Waals surface area contributed by atoms with Gasteiger partial charge in [0, 0.05) is 11.1 Å². The minimum Gasteiger partial charge on any atom is -0.250 e. The maximum Gasteiger partial charge on any atom is 0.216 e. The summed E-state index contributed by atoms with van der Waals surface area (Å²) >= 11 is 23.6. The molecule has 0 aliphatic rings. The summed E-state index contributed by atoms with van der Waals surface area (Å²) in [5.74, 6) is 0.509. The van der Waals surface area contributed by atoms with Crippen molar-refractivity contribution in [2.24, 2.45) is 5.10 Å². The second-order valence-electron chi connectivity index (χ2n) is 4.53. The molecule has 0 atom stereocenters. The molecule has 0 unspecified atom stereocenters. The molecule has 0 aliphatic heterocycles. The van der Waals surface area contributed by atoms with E-state index >= 15 is 0 Å². The number of halogens is 3. The molecule has 0 amide bonds. The van der Waals surface area contributed by atoms with E-state index in [0.717, 1.165) is 5.56 Å². The molecule has 2 aromatic carbocycles. The van der Waals surface area contributed by atoms with Crippen molar-refractivity contribution >= 4 is 53.2 Å². The summed E-state index contributed by atoms with van der Waals surface area (Å²) in [7, 11) is 0. The molecule has 4 nitrogen and oxygen atoms in total. The molecule has 1 aromatic heterocycles. The molecule has 0 spiro atoms. The van der Waals surface area contributed by atoms with E-state index in [0.29, 0.717) is 31.2 Å². The predicted octanol–water partition coefficient (Wildman–Crippen LogP) is 5.45. The van der Waals surface area contributed by atoms with E-state index < -0.39 is 0 Å². The fourth-order valence-electron chi connectivity index (χ4n) is 1.96. The van der Waals surface area contributed by atoms with Gasteiger partial charge in [0.05, 0.1) is 21.3 Å². The Morgan fingerprint density at radius 3 is 2.57 bits per heavy atom. The smallest absolute Gasteiger partial charge is 0.216 e. The van der Waals surface area contributed by atoms with Crippen LogP contribution in [0.5, 0.6) is 0 Å². The van der Waals surface area contributed by atoms with Crippen LogP contribution in [0.25, 0.3) is 11.4 Å². The van der Waals surface area contributed by atoms with E-state index in [-0.39, 0.29) is 0 Å². The van der Waals surface area contributed by atoms with Crippen LogP contribution in [0.1, 0.15) is 5.56 Å². The molecule has 0 saturated heterocycles. The molecule has 116 valence electrons. The van der Waals surface area contributed by atoms with Gasteiger partial charge in [-0.1, -0.05) is 59.1 Å². The van der Waals surface area contributed by atoms with Crippen LogP contribution in [0.3, 0.4) is 0 Å². The van der Waals surface area contributed by atoms with Gasteiger partial charge in [-0.15, -0.1) is 0 Å². The number of benzene rings is 2. The van der Waals surface area contributed by atoms with Gasteiger partial charge in [-0.25, -0.2) is 5.10 Å². The number of nitrogens with one attached hydrogen (secondary N) is 1. The number of nitrogens with zero attached hydrogens (tertiary/aromatic N) is 3. The highest BCUT2D eigenvalue weighted by atomic mass is 35.5. The Morgan fingerprint density at radius 1 is 1.04 bits per heavy atom. The van der Waals surface area contributed by atoms with Crippen molar-refractivity contribution in [1.82, 2.24) is 14.9 Å². The second-order valence-corrected chi connectivity index (χ2v) is 6.11. The fraction of sp³-hybridized carbons (Fsp3) is 0. The van der Waals surface area contributed by atoms with Crippen molar-refractivity contribution in [3.63, 3.8) is 0 Å². The van der Waals surface area contributed by atoms with Crippen molar-refractivity contribution in [1.29, 1.82) is 0 Å². The Kier molecular flexibility index (Phi) is 4.82. The van der Waals surface area contributed by atoms with Crippen molar-refractivity contribution in [2.45, 2.75) is 0 Å². The molecule has 0 fully saturated rings. The van der Waals surface area contributed by atoms with Gasteiger partial charge in [-0.05, 0) is 30.4 Å². The first-order valence-corrected chi connectivity index (χ1v) is 8.03. The SMILES string of the molecule is S=c1[nH]nc(-c2ccccc2Cl)n1/N=C/c1cccc(Cl)c1Cl. The average molecular weight is 384 g/mol. The Labute approximate surface area is 152 Å². The average Bonchev–Trinajstić information content (AvgIpc) is 2.90. The van der Waals surface area contributed by atoms with Crippen molar-refractivity contribution in [3.05, 3.63) is 67.9 Å². The van der Waals surface area contributed by atoms with Crippen molar-refractivity contribution < 1.29 is 0 Å². The summed E-state index contributed by atoms with van der Waals surface area (Å²) in [6.45, 7) is 0. The molecule has 3 aromatic rings. The molecule has 0 aliphatic carbocycles. The monoisotopic (exact) mass is 382 g/mol. The summed E-state index contributed by atoms with van der Waals surface area (Å²) in [4.78, 5) is 0. The fourth-order valence-corrected chi connectivity index (χ4v) is 2.71. The van der Waals surface area contributed by atoms with E-state index in [1.165, 1.54) is 4.68 Å². The van der Waals surface area contributed by atoms with Crippen LogP contribution in [0.4, 0.5) is 0 Å². The quantitative estimate of drug-likeness (QED) is 0.483. The first-order valence-electron chi connectivity index (χ1n) is 6.48. The largest absolute Gasteiger partial charge is 0.250 e. The minimum absolute atomic E-state index is 0.342. The van der Waals surface area contributed by atoms with Gasteiger partial charge in [-0.3, -0.25) is 0 Å². The molecule has 1 heterocycles. The number of H-pyrrole nitrogens is 1. The number of hydrogen-bond donors (Lipinski definition) is 1. The number of rotatable bonds is 3. The lowest BCUT2D eigenvalue weighted by Crippen LogP contribution is -1.96. The number of aromatic nitrogens is 3. The Balaban J connectivity index is 2.07. The second kappa shape index (κ2) is 6.84. The van der Waals surface area contributed by atoms with E-state index in [4.69, 9.17) is 47.0 Å². The van der Waals surface area contributed by atoms with E-state index in [1.807, 2.05) is 18.2 Å². The Bertz CT molecular complexity index is 946. The lowest BCUT2D eigenvalue weighted by Gasteiger charge is -2.03. The van der Waals surface area contributed by atoms with Gasteiger partial charge in [0.25, 0.3) is 0 Å². The summed E-state index contributed by atoms with van der Waals surface area (Å²) < 4.78 is 1.82. The normalized spacial score (nSPS) is 11.3. The third kappa shape index (κ3) is 3.33. The van der Waals surface area contributed by atoms with Crippen molar-refractivity contribution in [3.8, 4) is 11.4 Å². The van der Waals surface area contributed by atoms with Crippen LogP contribution in [0, 0.1) is 4.77 Å². The van der Waals surface area contributed by atoms with E-state index in [2.05, 4.69) is 15.3 Å². The van der Waals surface area contributed by atoms with Crippen molar-refractivity contribution in [2.75, 3.05) is 0 Å².